The molecule has 2 nitrogen and oxygen atoms in total. The van der Waals surface area contributed by atoms with E-state index in [0.717, 1.165) is 19.5 Å². The molecule has 0 bridgehead atoms. The highest BCUT2D eigenvalue weighted by Crippen LogP contribution is 2.38. The number of benzene rings is 1. The van der Waals surface area contributed by atoms with E-state index in [1.165, 1.54) is 11.1 Å². The van der Waals surface area contributed by atoms with Crippen molar-refractivity contribution in [1.29, 1.82) is 0 Å². The topological polar surface area (TPSA) is 24.1 Å². The van der Waals surface area contributed by atoms with E-state index in [1.54, 1.807) is 0 Å². The Morgan fingerprint density at radius 2 is 2.05 bits per heavy atom. The molecular formula is C18H25FN2. The van der Waals surface area contributed by atoms with Crippen molar-refractivity contribution < 1.29 is 4.39 Å². The van der Waals surface area contributed by atoms with Crippen LogP contribution in [0.25, 0.3) is 6.08 Å². The van der Waals surface area contributed by atoms with E-state index in [2.05, 4.69) is 47.9 Å². The van der Waals surface area contributed by atoms with Crippen molar-refractivity contribution in [1.82, 2.24) is 10.6 Å². The molecule has 2 unspecified atom stereocenters. The van der Waals surface area contributed by atoms with Gasteiger partial charge in [0.2, 0.25) is 0 Å². The van der Waals surface area contributed by atoms with E-state index in [1.807, 2.05) is 6.07 Å². The van der Waals surface area contributed by atoms with E-state index in [-0.39, 0.29) is 0 Å². The summed E-state index contributed by atoms with van der Waals surface area (Å²) >= 11 is 0. The molecule has 1 aromatic carbocycles. The molecule has 0 aromatic heterocycles. The molecule has 0 amide bonds. The van der Waals surface area contributed by atoms with Gasteiger partial charge in [-0.3, -0.25) is 0 Å². The average Bonchev–Trinajstić information content (AvgIpc) is 3.27. The Morgan fingerprint density at radius 3 is 2.76 bits per heavy atom. The van der Waals surface area contributed by atoms with Gasteiger partial charge in [0.25, 0.3) is 0 Å². The molecule has 1 aromatic rings. The zero-order valence-electron chi connectivity index (χ0n) is 12.7. The molecule has 1 heterocycles. The molecule has 2 N–H and O–H groups in total. The Kier molecular flexibility index (Phi) is 4.41. The van der Waals surface area contributed by atoms with Gasteiger partial charge in [0.05, 0.1) is 0 Å². The van der Waals surface area contributed by atoms with Crippen molar-refractivity contribution in [3.63, 3.8) is 0 Å². The number of halogens is 1. The van der Waals surface area contributed by atoms with Gasteiger partial charge in [0.15, 0.2) is 0 Å². The second-order valence-corrected chi connectivity index (χ2v) is 6.53. The molecule has 114 valence electrons. The molecule has 3 heteroatoms. The van der Waals surface area contributed by atoms with E-state index >= 15 is 0 Å². The van der Waals surface area contributed by atoms with Crippen molar-refractivity contribution in [2.45, 2.75) is 37.9 Å². The summed E-state index contributed by atoms with van der Waals surface area (Å²) in [6.07, 6.45) is 4.66. The van der Waals surface area contributed by atoms with Crippen LogP contribution in [0.5, 0.6) is 0 Å². The predicted molar refractivity (Wildman–Crippen MR) is 85.9 cm³/mol. The first kappa shape index (κ1) is 14.7. The highest BCUT2D eigenvalue weighted by molar-refractivity contribution is 5.53. The van der Waals surface area contributed by atoms with Gasteiger partial charge in [-0.1, -0.05) is 42.0 Å². The first-order valence-corrected chi connectivity index (χ1v) is 8.03. The van der Waals surface area contributed by atoms with Crippen LogP contribution in [-0.4, -0.2) is 31.3 Å². The summed E-state index contributed by atoms with van der Waals surface area (Å²) in [5.74, 6) is 0.579. The Labute approximate surface area is 126 Å². The average molecular weight is 288 g/mol. The van der Waals surface area contributed by atoms with Crippen molar-refractivity contribution in [2.24, 2.45) is 5.92 Å². The predicted octanol–water partition coefficient (Wildman–Crippen LogP) is 3.16. The second kappa shape index (κ2) is 6.29. The van der Waals surface area contributed by atoms with Crippen LogP contribution in [0.4, 0.5) is 4.39 Å². The van der Waals surface area contributed by atoms with Crippen molar-refractivity contribution >= 4 is 6.08 Å². The zero-order chi connectivity index (χ0) is 14.7. The van der Waals surface area contributed by atoms with Crippen LogP contribution in [0, 0.1) is 5.92 Å². The lowest BCUT2D eigenvalue weighted by atomic mass is 9.94. The number of nitrogens with one attached hydrogen (secondary N) is 2. The molecule has 1 aliphatic carbocycles. The minimum atomic E-state index is -1.00. The summed E-state index contributed by atoms with van der Waals surface area (Å²) in [4.78, 5) is 0. The van der Waals surface area contributed by atoms with Crippen LogP contribution in [0.2, 0.25) is 0 Å². The molecule has 1 saturated carbocycles. The van der Waals surface area contributed by atoms with Crippen molar-refractivity contribution in [2.75, 3.05) is 19.6 Å². The van der Waals surface area contributed by atoms with Gasteiger partial charge in [-0.25, -0.2) is 4.39 Å². The Morgan fingerprint density at radius 1 is 1.33 bits per heavy atom. The zero-order valence-corrected chi connectivity index (χ0v) is 12.7. The summed E-state index contributed by atoms with van der Waals surface area (Å²) in [5.41, 5.74) is 1.65. The summed E-state index contributed by atoms with van der Waals surface area (Å²) < 4.78 is 14.5. The lowest BCUT2D eigenvalue weighted by molar-refractivity contribution is 0.113. The summed E-state index contributed by atoms with van der Waals surface area (Å²) in [6.45, 7) is 4.31. The maximum absolute atomic E-state index is 14.5. The molecule has 0 radical (unpaired) electrons. The molecule has 1 aliphatic heterocycles. The quantitative estimate of drug-likeness (QED) is 0.869. The van der Waals surface area contributed by atoms with Gasteiger partial charge in [-0.2, -0.15) is 0 Å². The summed E-state index contributed by atoms with van der Waals surface area (Å²) in [7, 11) is 0. The van der Waals surface area contributed by atoms with Crippen LogP contribution in [-0.2, 0) is 0 Å². The van der Waals surface area contributed by atoms with Crippen LogP contribution >= 0.6 is 0 Å². The molecule has 2 fully saturated rings. The largest absolute Gasteiger partial charge is 0.316 e. The molecular weight excluding hydrogens is 263 g/mol. The number of hydrogen-bond acceptors (Lipinski definition) is 2. The van der Waals surface area contributed by atoms with E-state index in [0.29, 0.717) is 31.3 Å². The first-order chi connectivity index (χ1) is 10.2. The third kappa shape index (κ3) is 3.92. The third-order valence-corrected chi connectivity index (χ3v) is 4.75. The second-order valence-electron chi connectivity index (χ2n) is 6.53. The van der Waals surface area contributed by atoms with Gasteiger partial charge in [-0.05, 0) is 50.8 Å². The van der Waals surface area contributed by atoms with Gasteiger partial charge in [0.1, 0.15) is 5.67 Å². The fourth-order valence-electron chi connectivity index (χ4n) is 3.21. The number of alkyl halides is 1. The standard InChI is InChI=1S/C18H25FN2/c1-14(11-15-5-3-2-4-6-15)16-12-17(16)21-13-18(19)7-9-20-10-8-18/h2-6,11,16-17,20-21H,7-10,12-13H2,1H3. The number of rotatable bonds is 5. The number of piperidine rings is 1. The first-order valence-electron chi connectivity index (χ1n) is 8.03. The molecule has 0 spiro atoms. The molecule has 3 rings (SSSR count). The summed E-state index contributed by atoms with van der Waals surface area (Å²) in [6, 6.07) is 10.9. The maximum atomic E-state index is 14.5. The van der Waals surface area contributed by atoms with Gasteiger partial charge >= 0.3 is 0 Å². The fraction of sp³-hybridized carbons (Fsp3) is 0.556. The minimum absolute atomic E-state index is 0.465. The monoisotopic (exact) mass is 288 g/mol. The van der Waals surface area contributed by atoms with E-state index in [4.69, 9.17) is 0 Å². The molecule has 2 aliphatic rings. The fourth-order valence-corrected chi connectivity index (χ4v) is 3.21. The van der Waals surface area contributed by atoms with Crippen molar-refractivity contribution in [3.8, 4) is 0 Å². The normalized spacial score (nSPS) is 28.4. The lowest BCUT2D eigenvalue weighted by Gasteiger charge is -2.30. The highest BCUT2D eigenvalue weighted by Gasteiger charge is 2.40. The maximum Gasteiger partial charge on any atom is 0.125 e. The van der Waals surface area contributed by atoms with Gasteiger partial charge < -0.3 is 10.6 Å². The smallest absolute Gasteiger partial charge is 0.125 e. The van der Waals surface area contributed by atoms with Gasteiger partial charge in [-0.15, -0.1) is 0 Å². The lowest BCUT2D eigenvalue weighted by Crippen LogP contribution is -2.46. The molecule has 2 atom stereocenters. The Hall–Kier alpha value is -1.19. The third-order valence-electron chi connectivity index (χ3n) is 4.75. The highest BCUT2D eigenvalue weighted by atomic mass is 19.1. The van der Waals surface area contributed by atoms with Crippen molar-refractivity contribution in [3.05, 3.63) is 41.5 Å². The Balaban J connectivity index is 1.49. The Bertz CT molecular complexity index is 491. The summed E-state index contributed by atoms with van der Waals surface area (Å²) in [5, 5.41) is 6.66. The number of hydrogen-bond donors (Lipinski definition) is 2. The van der Waals surface area contributed by atoms with Crippen LogP contribution < -0.4 is 10.6 Å². The van der Waals surface area contributed by atoms with Gasteiger partial charge in [0, 0.05) is 12.6 Å². The van der Waals surface area contributed by atoms with E-state index < -0.39 is 5.67 Å². The SMILES string of the molecule is CC(=Cc1ccccc1)C1CC1NCC1(F)CCNCC1. The molecule has 21 heavy (non-hydrogen) atoms. The molecule has 1 saturated heterocycles. The van der Waals surface area contributed by atoms with E-state index in [9.17, 15) is 4.39 Å². The van der Waals surface area contributed by atoms with Crippen LogP contribution in [0.1, 0.15) is 31.7 Å². The van der Waals surface area contributed by atoms with Crippen LogP contribution in [0.3, 0.4) is 0 Å². The van der Waals surface area contributed by atoms with Crippen LogP contribution in [0.15, 0.2) is 35.9 Å². The minimum Gasteiger partial charge on any atom is -0.316 e.